The molecule has 0 bridgehead atoms. The lowest BCUT2D eigenvalue weighted by Gasteiger charge is -2.26. The minimum absolute atomic E-state index is 0.185. The standard InChI is InChI=1S/C15H22FNS/c1-11-3-2-4-15(7-11)18-10-12-5-6-14(16)8-13(12)9-17/h5-6,8,11,15H,2-4,7,9-10,17H2,1H3. The number of rotatable bonds is 4. The lowest BCUT2D eigenvalue weighted by Crippen LogP contribution is -2.15. The number of benzene rings is 1. The fraction of sp³-hybridized carbons (Fsp3) is 0.600. The Hall–Kier alpha value is -0.540. The molecule has 1 saturated carbocycles. The van der Waals surface area contributed by atoms with Gasteiger partial charge >= 0.3 is 0 Å². The number of thioether (sulfide) groups is 1. The molecule has 1 nitrogen and oxygen atoms in total. The molecule has 2 unspecified atom stereocenters. The predicted molar refractivity (Wildman–Crippen MR) is 77.0 cm³/mol. The van der Waals surface area contributed by atoms with E-state index in [1.165, 1.54) is 31.2 Å². The van der Waals surface area contributed by atoms with Gasteiger partial charge < -0.3 is 5.73 Å². The first-order chi connectivity index (χ1) is 8.69. The van der Waals surface area contributed by atoms with Crippen LogP contribution in [0.25, 0.3) is 0 Å². The quantitative estimate of drug-likeness (QED) is 0.889. The normalized spacial score (nSPS) is 24.2. The van der Waals surface area contributed by atoms with Crippen molar-refractivity contribution in [3.05, 3.63) is 35.1 Å². The van der Waals surface area contributed by atoms with Crippen LogP contribution in [0.3, 0.4) is 0 Å². The average Bonchev–Trinajstić information content (AvgIpc) is 2.37. The van der Waals surface area contributed by atoms with Gasteiger partial charge in [0.05, 0.1) is 0 Å². The second-order valence-corrected chi connectivity index (χ2v) is 6.61. The van der Waals surface area contributed by atoms with Crippen LogP contribution >= 0.6 is 11.8 Å². The molecule has 1 aromatic carbocycles. The van der Waals surface area contributed by atoms with E-state index in [4.69, 9.17) is 5.73 Å². The zero-order valence-corrected chi connectivity index (χ0v) is 11.8. The van der Waals surface area contributed by atoms with Crippen LogP contribution < -0.4 is 5.73 Å². The molecule has 2 atom stereocenters. The summed E-state index contributed by atoms with van der Waals surface area (Å²) in [5, 5.41) is 0.768. The Morgan fingerprint density at radius 3 is 2.89 bits per heavy atom. The molecule has 0 amide bonds. The highest BCUT2D eigenvalue weighted by Crippen LogP contribution is 2.34. The Morgan fingerprint density at radius 2 is 2.17 bits per heavy atom. The molecule has 0 radical (unpaired) electrons. The van der Waals surface area contributed by atoms with Crippen LogP contribution in [0.15, 0.2) is 18.2 Å². The molecule has 3 heteroatoms. The fourth-order valence-corrected chi connectivity index (χ4v) is 4.16. The molecule has 1 fully saturated rings. The molecule has 0 spiro atoms. The van der Waals surface area contributed by atoms with E-state index < -0.39 is 0 Å². The van der Waals surface area contributed by atoms with Crippen molar-refractivity contribution in [1.29, 1.82) is 0 Å². The lowest BCUT2D eigenvalue weighted by atomic mass is 9.91. The third-order valence-corrected chi connectivity index (χ3v) is 5.13. The van der Waals surface area contributed by atoms with Gasteiger partial charge in [-0.2, -0.15) is 11.8 Å². The maximum absolute atomic E-state index is 13.1. The molecule has 18 heavy (non-hydrogen) atoms. The number of halogens is 1. The van der Waals surface area contributed by atoms with Gasteiger partial charge in [0.25, 0.3) is 0 Å². The summed E-state index contributed by atoms with van der Waals surface area (Å²) in [5.41, 5.74) is 7.82. The Labute approximate surface area is 113 Å². The van der Waals surface area contributed by atoms with E-state index in [1.54, 1.807) is 12.1 Å². The zero-order chi connectivity index (χ0) is 13.0. The Morgan fingerprint density at radius 1 is 1.33 bits per heavy atom. The highest BCUT2D eigenvalue weighted by atomic mass is 32.2. The molecular formula is C15H22FNS. The summed E-state index contributed by atoms with van der Waals surface area (Å²) in [7, 11) is 0. The van der Waals surface area contributed by atoms with Crippen molar-refractivity contribution in [2.24, 2.45) is 11.7 Å². The summed E-state index contributed by atoms with van der Waals surface area (Å²) >= 11 is 2.01. The van der Waals surface area contributed by atoms with Crippen LogP contribution in [0, 0.1) is 11.7 Å². The molecule has 1 aliphatic carbocycles. The molecule has 2 N–H and O–H groups in total. The van der Waals surface area contributed by atoms with E-state index in [9.17, 15) is 4.39 Å². The van der Waals surface area contributed by atoms with Crippen molar-refractivity contribution in [2.45, 2.75) is 50.2 Å². The third kappa shape index (κ3) is 3.72. The van der Waals surface area contributed by atoms with Gasteiger partial charge in [0, 0.05) is 17.5 Å². The van der Waals surface area contributed by atoms with Gasteiger partial charge in [-0.3, -0.25) is 0 Å². The first kappa shape index (κ1) is 13.9. The lowest BCUT2D eigenvalue weighted by molar-refractivity contribution is 0.394. The van der Waals surface area contributed by atoms with E-state index >= 15 is 0 Å². The molecule has 0 heterocycles. The molecular weight excluding hydrogens is 245 g/mol. The highest BCUT2D eigenvalue weighted by Gasteiger charge is 2.19. The van der Waals surface area contributed by atoms with Crippen LogP contribution in [-0.4, -0.2) is 5.25 Å². The molecule has 1 aromatic rings. The zero-order valence-electron chi connectivity index (χ0n) is 11.0. The number of nitrogens with two attached hydrogens (primary N) is 1. The Balaban J connectivity index is 1.93. The first-order valence-electron chi connectivity index (χ1n) is 6.78. The molecule has 0 saturated heterocycles. The molecule has 2 rings (SSSR count). The molecule has 0 aromatic heterocycles. The molecule has 1 aliphatic rings. The summed E-state index contributed by atoms with van der Waals surface area (Å²) in [6.07, 6.45) is 5.38. The van der Waals surface area contributed by atoms with Gasteiger partial charge in [0.2, 0.25) is 0 Å². The maximum Gasteiger partial charge on any atom is 0.123 e. The van der Waals surface area contributed by atoms with E-state index in [0.29, 0.717) is 6.54 Å². The third-order valence-electron chi connectivity index (χ3n) is 3.75. The van der Waals surface area contributed by atoms with Crippen LogP contribution in [0.1, 0.15) is 43.7 Å². The predicted octanol–water partition coefficient (Wildman–Crippen LogP) is 4.10. The summed E-state index contributed by atoms with van der Waals surface area (Å²) < 4.78 is 13.1. The minimum atomic E-state index is -0.185. The second kappa shape index (κ2) is 6.58. The summed E-state index contributed by atoms with van der Waals surface area (Å²) in [5.74, 6) is 1.64. The SMILES string of the molecule is CC1CCCC(SCc2ccc(F)cc2CN)C1. The van der Waals surface area contributed by atoms with Gasteiger partial charge in [0.1, 0.15) is 5.82 Å². The van der Waals surface area contributed by atoms with Crippen molar-refractivity contribution in [1.82, 2.24) is 0 Å². The topological polar surface area (TPSA) is 26.0 Å². The smallest absolute Gasteiger partial charge is 0.123 e. The monoisotopic (exact) mass is 267 g/mol. The van der Waals surface area contributed by atoms with Gasteiger partial charge in [-0.25, -0.2) is 4.39 Å². The van der Waals surface area contributed by atoms with Gasteiger partial charge in [-0.05, 0) is 42.0 Å². The number of hydrogen-bond acceptors (Lipinski definition) is 2. The van der Waals surface area contributed by atoms with Crippen molar-refractivity contribution in [3.8, 4) is 0 Å². The van der Waals surface area contributed by atoms with Gasteiger partial charge in [0.15, 0.2) is 0 Å². The van der Waals surface area contributed by atoms with Gasteiger partial charge in [-0.1, -0.05) is 25.8 Å². The van der Waals surface area contributed by atoms with Crippen LogP contribution in [-0.2, 0) is 12.3 Å². The van der Waals surface area contributed by atoms with E-state index in [1.807, 2.05) is 17.8 Å². The van der Waals surface area contributed by atoms with E-state index in [0.717, 1.165) is 22.5 Å². The van der Waals surface area contributed by atoms with Crippen molar-refractivity contribution < 1.29 is 4.39 Å². The largest absolute Gasteiger partial charge is 0.326 e. The van der Waals surface area contributed by atoms with Crippen molar-refractivity contribution in [2.75, 3.05) is 0 Å². The van der Waals surface area contributed by atoms with Crippen molar-refractivity contribution >= 4 is 11.8 Å². The summed E-state index contributed by atoms with van der Waals surface area (Å²) in [6.45, 7) is 2.77. The van der Waals surface area contributed by atoms with E-state index in [-0.39, 0.29) is 5.82 Å². The minimum Gasteiger partial charge on any atom is -0.326 e. The van der Waals surface area contributed by atoms with E-state index in [2.05, 4.69) is 6.92 Å². The Bertz CT molecular complexity index is 394. The first-order valence-corrected chi connectivity index (χ1v) is 7.83. The molecule has 0 aliphatic heterocycles. The van der Waals surface area contributed by atoms with Crippen molar-refractivity contribution in [3.63, 3.8) is 0 Å². The highest BCUT2D eigenvalue weighted by molar-refractivity contribution is 7.99. The van der Waals surface area contributed by atoms with Crippen LogP contribution in [0.2, 0.25) is 0 Å². The van der Waals surface area contributed by atoms with Crippen LogP contribution in [0.5, 0.6) is 0 Å². The summed E-state index contributed by atoms with van der Waals surface area (Å²) in [6, 6.07) is 4.99. The van der Waals surface area contributed by atoms with Crippen LogP contribution in [0.4, 0.5) is 4.39 Å². The average molecular weight is 267 g/mol. The Kier molecular flexibility index (Phi) is 5.07. The molecule has 100 valence electrons. The fourth-order valence-electron chi connectivity index (χ4n) is 2.66. The second-order valence-electron chi connectivity index (χ2n) is 5.32. The van der Waals surface area contributed by atoms with Gasteiger partial charge in [-0.15, -0.1) is 0 Å². The number of hydrogen-bond donors (Lipinski definition) is 1. The maximum atomic E-state index is 13.1. The summed E-state index contributed by atoms with van der Waals surface area (Å²) in [4.78, 5) is 0.